The van der Waals surface area contributed by atoms with E-state index in [0.29, 0.717) is 26.2 Å². The molecule has 1 aromatic rings. The van der Waals surface area contributed by atoms with Crippen molar-refractivity contribution >= 4 is 27.8 Å². The lowest BCUT2D eigenvalue weighted by Gasteiger charge is -2.26. The van der Waals surface area contributed by atoms with Crippen molar-refractivity contribution in [2.75, 3.05) is 32.8 Å². The first-order valence-corrected chi connectivity index (χ1v) is 12.6. The van der Waals surface area contributed by atoms with E-state index in [-0.39, 0.29) is 35.4 Å². The van der Waals surface area contributed by atoms with Gasteiger partial charge >= 0.3 is 5.97 Å². The summed E-state index contributed by atoms with van der Waals surface area (Å²) in [6.45, 7) is 5.16. The minimum atomic E-state index is -3.77. The molecule has 0 spiro atoms. The molecule has 1 unspecified atom stereocenters. The van der Waals surface area contributed by atoms with Gasteiger partial charge in [0, 0.05) is 25.2 Å². The molecule has 2 aliphatic heterocycles. The molecule has 0 bridgehead atoms. The van der Waals surface area contributed by atoms with Crippen LogP contribution >= 0.6 is 0 Å². The molecule has 10 nitrogen and oxygen atoms in total. The van der Waals surface area contributed by atoms with Gasteiger partial charge in [0.05, 0.1) is 18.1 Å². The van der Waals surface area contributed by atoms with Crippen molar-refractivity contribution in [1.29, 1.82) is 0 Å². The number of ether oxygens (including phenoxy) is 2. The van der Waals surface area contributed by atoms with E-state index in [0.717, 1.165) is 12.8 Å². The molecular formula is C22H31N3O7S. The Hall–Kier alpha value is -2.50. The molecule has 0 aliphatic carbocycles. The number of nitrogens with one attached hydrogen (secondary N) is 2. The Morgan fingerprint density at radius 1 is 1.21 bits per heavy atom. The Bertz CT molecular complexity index is 974. The van der Waals surface area contributed by atoms with E-state index < -0.39 is 34.0 Å². The van der Waals surface area contributed by atoms with E-state index >= 15 is 0 Å². The van der Waals surface area contributed by atoms with Gasteiger partial charge in [0.1, 0.15) is 6.04 Å². The smallest absolute Gasteiger partial charge is 0.329 e. The lowest BCUT2D eigenvalue weighted by molar-refractivity contribution is -0.158. The van der Waals surface area contributed by atoms with Crippen LogP contribution < -0.4 is 10.6 Å². The molecule has 2 saturated heterocycles. The zero-order chi connectivity index (χ0) is 24.0. The van der Waals surface area contributed by atoms with Crippen LogP contribution in [0.1, 0.15) is 43.5 Å². The minimum Gasteiger partial charge on any atom is -0.451 e. The first kappa shape index (κ1) is 25.1. The Balaban J connectivity index is 1.72. The van der Waals surface area contributed by atoms with Crippen LogP contribution in [0.5, 0.6) is 0 Å². The summed E-state index contributed by atoms with van der Waals surface area (Å²) in [5.41, 5.74) is 0.106. The largest absolute Gasteiger partial charge is 0.451 e. The van der Waals surface area contributed by atoms with Crippen molar-refractivity contribution < 1.29 is 32.3 Å². The van der Waals surface area contributed by atoms with Gasteiger partial charge in [-0.2, -0.15) is 4.31 Å². The third-order valence-corrected chi connectivity index (χ3v) is 7.55. The van der Waals surface area contributed by atoms with E-state index in [2.05, 4.69) is 10.6 Å². The van der Waals surface area contributed by atoms with Crippen LogP contribution in [0, 0.1) is 5.92 Å². The highest BCUT2D eigenvalue weighted by molar-refractivity contribution is 7.89. The Morgan fingerprint density at radius 3 is 2.64 bits per heavy atom. The zero-order valence-electron chi connectivity index (χ0n) is 18.9. The number of nitrogens with zero attached hydrogens (tertiary/aromatic N) is 1. The van der Waals surface area contributed by atoms with Gasteiger partial charge in [0.2, 0.25) is 10.0 Å². The lowest BCUT2D eigenvalue weighted by atomic mass is 10.0. The van der Waals surface area contributed by atoms with E-state index in [9.17, 15) is 22.8 Å². The predicted molar refractivity (Wildman–Crippen MR) is 119 cm³/mol. The predicted octanol–water partition coefficient (Wildman–Crippen LogP) is 0.674. The topological polar surface area (TPSA) is 131 Å². The molecule has 0 saturated carbocycles. The highest BCUT2D eigenvalue weighted by Crippen LogP contribution is 2.19. The van der Waals surface area contributed by atoms with E-state index in [1.807, 2.05) is 0 Å². The molecule has 0 aromatic heterocycles. The van der Waals surface area contributed by atoms with Crippen LogP contribution in [0.15, 0.2) is 29.2 Å². The Kier molecular flexibility index (Phi) is 8.44. The second-order valence-electron chi connectivity index (χ2n) is 8.45. The van der Waals surface area contributed by atoms with Crippen LogP contribution in [0.4, 0.5) is 0 Å². The maximum absolute atomic E-state index is 12.9. The van der Waals surface area contributed by atoms with Gasteiger partial charge in [0.15, 0.2) is 6.10 Å². The molecule has 1 aromatic carbocycles. The van der Waals surface area contributed by atoms with Gasteiger partial charge in [-0.25, -0.2) is 13.2 Å². The number of morpholine rings is 1. The molecule has 0 radical (unpaired) electrons. The van der Waals surface area contributed by atoms with Crippen molar-refractivity contribution in [3.05, 3.63) is 29.8 Å². The molecule has 11 heteroatoms. The van der Waals surface area contributed by atoms with Gasteiger partial charge in [-0.05, 0) is 43.4 Å². The maximum Gasteiger partial charge on any atom is 0.329 e. The van der Waals surface area contributed by atoms with E-state index in [4.69, 9.17) is 9.47 Å². The number of hydrogen-bond acceptors (Lipinski definition) is 7. The molecule has 2 N–H and O–H groups in total. The SMILES string of the molecule is CC(C)[C@H](NC(=O)c1cccc(S(=O)(=O)N2CCOCC2)c1)C(=O)OC1CCCCNC1=O. The van der Waals surface area contributed by atoms with Gasteiger partial charge in [-0.3, -0.25) is 9.59 Å². The summed E-state index contributed by atoms with van der Waals surface area (Å²) in [7, 11) is -3.77. The second kappa shape index (κ2) is 11.1. The minimum absolute atomic E-state index is 0.00384. The van der Waals surface area contributed by atoms with Crippen LogP contribution in [0.3, 0.4) is 0 Å². The third-order valence-electron chi connectivity index (χ3n) is 5.65. The van der Waals surface area contributed by atoms with Crippen molar-refractivity contribution in [1.82, 2.24) is 14.9 Å². The van der Waals surface area contributed by atoms with Gasteiger partial charge in [0.25, 0.3) is 11.8 Å². The van der Waals surface area contributed by atoms with Crippen molar-refractivity contribution in [3.8, 4) is 0 Å². The van der Waals surface area contributed by atoms with Crippen molar-refractivity contribution in [2.24, 2.45) is 5.92 Å². The maximum atomic E-state index is 12.9. The van der Waals surface area contributed by atoms with Crippen LogP contribution in [-0.4, -0.2) is 75.5 Å². The molecular weight excluding hydrogens is 450 g/mol. The first-order valence-electron chi connectivity index (χ1n) is 11.2. The third kappa shape index (κ3) is 6.30. The Labute approximate surface area is 194 Å². The highest BCUT2D eigenvalue weighted by atomic mass is 32.2. The summed E-state index contributed by atoms with van der Waals surface area (Å²) >= 11 is 0. The summed E-state index contributed by atoms with van der Waals surface area (Å²) in [5, 5.41) is 5.35. The monoisotopic (exact) mass is 481 g/mol. The van der Waals surface area contributed by atoms with Crippen LogP contribution in [0.25, 0.3) is 0 Å². The fraction of sp³-hybridized carbons (Fsp3) is 0.591. The number of benzene rings is 1. The number of carbonyl (C=O) groups is 3. The van der Waals surface area contributed by atoms with E-state index in [1.165, 1.54) is 28.6 Å². The number of amides is 2. The normalized spacial score (nSPS) is 21.1. The van der Waals surface area contributed by atoms with Crippen molar-refractivity contribution in [3.63, 3.8) is 0 Å². The highest BCUT2D eigenvalue weighted by Gasteiger charge is 2.32. The fourth-order valence-electron chi connectivity index (χ4n) is 3.69. The van der Waals surface area contributed by atoms with Crippen molar-refractivity contribution in [2.45, 2.75) is 50.2 Å². The number of esters is 1. The molecule has 2 atom stereocenters. The molecule has 2 aliphatic rings. The van der Waals surface area contributed by atoms with Gasteiger partial charge < -0.3 is 20.1 Å². The summed E-state index contributed by atoms with van der Waals surface area (Å²) in [4.78, 5) is 37.8. The summed E-state index contributed by atoms with van der Waals surface area (Å²) < 4.78 is 37.8. The quantitative estimate of drug-likeness (QED) is 0.548. The van der Waals surface area contributed by atoms with Gasteiger partial charge in [-0.15, -0.1) is 0 Å². The summed E-state index contributed by atoms with van der Waals surface area (Å²) in [6, 6.07) is 4.70. The average molecular weight is 482 g/mol. The average Bonchev–Trinajstić information content (AvgIpc) is 3.01. The standard InChI is InChI=1S/C22H31N3O7S/c1-15(2)19(22(28)32-18-8-3-4-9-23-21(18)27)24-20(26)16-6-5-7-17(14-16)33(29,30)25-10-12-31-13-11-25/h5-7,14-15,18-19H,3-4,8-13H2,1-2H3,(H,23,27)(H,24,26)/t18?,19-/m0/s1. The fourth-order valence-corrected chi connectivity index (χ4v) is 5.15. The number of sulfonamides is 1. The van der Waals surface area contributed by atoms with Gasteiger partial charge in [-0.1, -0.05) is 19.9 Å². The zero-order valence-corrected chi connectivity index (χ0v) is 19.7. The lowest BCUT2D eigenvalue weighted by Crippen LogP contribution is -2.48. The van der Waals surface area contributed by atoms with E-state index in [1.54, 1.807) is 13.8 Å². The molecule has 2 fully saturated rings. The Morgan fingerprint density at radius 2 is 1.94 bits per heavy atom. The first-order chi connectivity index (χ1) is 15.7. The molecule has 2 heterocycles. The molecule has 33 heavy (non-hydrogen) atoms. The summed E-state index contributed by atoms with van der Waals surface area (Å²) in [5.74, 6) is -1.95. The number of carbonyl (C=O) groups excluding carboxylic acids is 3. The molecule has 182 valence electrons. The second-order valence-corrected chi connectivity index (χ2v) is 10.4. The molecule has 2 amide bonds. The number of rotatable bonds is 7. The summed E-state index contributed by atoms with van der Waals surface area (Å²) in [6.07, 6.45) is 1.10. The molecule has 3 rings (SSSR count). The number of hydrogen-bond donors (Lipinski definition) is 2. The van der Waals surface area contributed by atoms with Crippen LogP contribution in [0.2, 0.25) is 0 Å². The van der Waals surface area contributed by atoms with Crippen LogP contribution in [-0.2, 0) is 29.1 Å².